The van der Waals surface area contributed by atoms with Crippen LogP contribution in [0, 0.1) is 5.82 Å². The van der Waals surface area contributed by atoms with E-state index in [9.17, 15) is 9.18 Å². The first-order valence-electron chi connectivity index (χ1n) is 4.52. The number of rotatable bonds is 1. The number of H-pyrrole nitrogens is 1. The Morgan fingerprint density at radius 1 is 1.06 bits per heavy atom. The summed E-state index contributed by atoms with van der Waals surface area (Å²) in [7, 11) is 0. The normalized spacial score (nSPS) is 10.6. The van der Waals surface area contributed by atoms with Gasteiger partial charge in [-0.25, -0.2) is 4.39 Å². The molecule has 1 aromatic heterocycles. The molecule has 1 heterocycles. The molecule has 2 rings (SSSR count). The molecule has 1 N–H and O–H groups in total. The summed E-state index contributed by atoms with van der Waals surface area (Å²) in [5.74, 6) is -0.607. The number of nitrogens with one attached hydrogen (secondary N) is 1. The highest BCUT2D eigenvalue weighted by Gasteiger charge is 2.13. The largest absolute Gasteiger partial charge is 0.326 e. The van der Waals surface area contributed by atoms with E-state index in [1.54, 1.807) is 0 Å². The van der Waals surface area contributed by atoms with Crippen molar-refractivity contribution in [3.8, 4) is 11.1 Å². The molecular formula is C11H5Cl3FNO. The first kappa shape index (κ1) is 12.4. The van der Waals surface area contributed by atoms with E-state index < -0.39 is 11.4 Å². The lowest BCUT2D eigenvalue weighted by atomic mass is 10.1. The molecule has 0 atom stereocenters. The molecule has 0 aliphatic rings. The second-order valence-corrected chi connectivity index (χ2v) is 4.53. The van der Waals surface area contributed by atoms with Gasteiger partial charge in [-0.1, -0.05) is 34.8 Å². The molecule has 0 saturated carbocycles. The Morgan fingerprint density at radius 3 is 2.47 bits per heavy atom. The van der Waals surface area contributed by atoms with Crippen LogP contribution in [0.25, 0.3) is 11.1 Å². The number of hydrogen-bond acceptors (Lipinski definition) is 1. The molecular weight excluding hydrogens is 287 g/mol. The molecule has 1 aromatic carbocycles. The summed E-state index contributed by atoms with van der Waals surface area (Å²) in [4.78, 5) is 13.4. The van der Waals surface area contributed by atoms with Crippen molar-refractivity contribution in [1.82, 2.24) is 4.98 Å². The van der Waals surface area contributed by atoms with Gasteiger partial charge in [-0.3, -0.25) is 4.79 Å². The highest BCUT2D eigenvalue weighted by molar-refractivity contribution is 6.45. The third-order valence-electron chi connectivity index (χ3n) is 2.16. The van der Waals surface area contributed by atoms with Crippen LogP contribution >= 0.6 is 34.8 Å². The lowest BCUT2D eigenvalue weighted by molar-refractivity contribution is 0.624. The van der Waals surface area contributed by atoms with Crippen LogP contribution in [0.2, 0.25) is 15.1 Å². The van der Waals surface area contributed by atoms with Crippen LogP contribution < -0.4 is 5.56 Å². The van der Waals surface area contributed by atoms with E-state index in [-0.39, 0.29) is 21.2 Å². The highest BCUT2D eigenvalue weighted by atomic mass is 35.5. The van der Waals surface area contributed by atoms with E-state index in [0.29, 0.717) is 5.02 Å². The van der Waals surface area contributed by atoms with Crippen molar-refractivity contribution in [2.45, 2.75) is 0 Å². The molecule has 0 bridgehead atoms. The van der Waals surface area contributed by atoms with Crippen LogP contribution in [-0.2, 0) is 0 Å². The minimum absolute atomic E-state index is 0.0585. The number of benzene rings is 1. The SMILES string of the molecule is O=c1cc(-c2cc(Cl)cc(Cl)c2Cl)c(F)c[nH]1. The molecule has 6 heteroatoms. The number of aromatic nitrogens is 1. The first-order chi connectivity index (χ1) is 7.99. The molecule has 0 aliphatic carbocycles. The van der Waals surface area contributed by atoms with Crippen LogP contribution in [0.4, 0.5) is 4.39 Å². The predicted molar refractivity (Wildman–Crippen MR) is 67.5 cm³/mol. The van der Waals surface area contributed by atoms with Crippen LogP contribution in [-0.4, -0.2) is 4.98 Å². The number of pyridine rings is 1. The molecule has 2 nitrogen and oxygen atoms in total. The third-order valence-corrected chi connectivity index (χ3v) is 3.18. The van der Waals surface area contributed by atoms with Gasteiger partial charge in [0.25, 0.3) is 0 Å². The summed E-state index contributed by atoms with van der Waals surface area (Å²) in [6.07, 6.45) is 0.961. The fourth-order valence-electron chi connectivity index (χ4n) is 1.41. The van der Waals surface area contributed by atoms with Crippen LogP contribution in [0.15, 0.2) is 29.2 Å². The van der Waals surface area contributed by atoms with Gasteiger partial charge in [-0.2, -0.15) is 0 Å². The third kappa shape index (κ3) is 2.46. The second kappa shape index (κ2) is 4.69. The zero-order valence-electron chi connectivity index (χ0n) is 8.23. The Labute approximate surface area is 111 Å². The molecule has 17 heavy (non-hydrogen) atoms. The predicted octanol–water partition coefficient (Wildman–Crippen LogP) is 4.14. The van der Waals surface area contributed by atoms with Crippen molar-refractivity contribution in [2.24, 2.45) is 0 Å². The topological polar surface area (TPSA) is 32.9 Å². The van der Waals surface area contributed by atoms with Crippen LogP contribution in [0.5, 0.6) is 0 Å². The van der Waals surface area contributed by atoms with Crippen molar-refractivity contribution in [3.63, 3.8) is 0 Å². The zero-order valence-corrected chi connectivity index (χ0v) is 10.5. The minimum Gasteiger partial charge on any atom is -0.326 e. The van der Waals surface area contributed by atoms with E-state index >= 15 is 0 Å². The van der Waals surface area contributed by atoms with Crippen LogP contribution in [0.3, 0.4) is 0 Å². The van der Waals surface area contributed by atoms with Crippen molar-refractivity contribution in [3.05, 3.63) is 55.6 Å². The Hall–Kier alpha value is -1.03. The van der Waals surface area contributed by atoms with Crippen molar-refractivity contribution >= 4 is 34.8 Å². The highest BCUT2D eigenvalue weighted by Crippen LogP contribution is 2.36. The van der Waals surface area contributed by atoms with Crippen molar-refractivity contribution in [2.75, 3.05) is 0 Å². The van der Waals surface area contributed by atoms with Crippen molar-refractivity contribution in [1.29, 1.82) is 0 Å². The fourth-order valence-corrected chi connectivity index (χ4v) is 2.12. The summed E-state index contributed by atoms with van der Waals surface area (Å²) < 4.78 is 13.6. The van der Waals surface area contributed by atoms with Gasteiger partial charge in [-0.05, 0) is 12.1 Å². The maximum atomic E-state index is 13.6. The monoisotopic (exact) mass is 291 g/mol. The van der Waals surface area contributed by atoms with Gasteiger partial charge in [0.2, 0.25) is 5.56 Å². The molecule has 0 fully saturated rings. The van der Waals surface area contributed by atoms with Gasteiger partial charge in [-0.15, -0.1) is 0 Å². The van der Waals surface area contributed by atoms with Crippen LogP contribution in [0.1, 0.15) is 0 Å². The molecule has 88 valence electrons. The smallest absolute Gasteiger partial charge is 0.248 e. The molecule has 0 unspecified atom stereocenters. The average molecular weight is 293 g/mol. The summed E-state index contributed by atoms with van der Waals surface area (Å²) in [6, 6.07) is 4.00. The van der Waals surface area contributed by atoms with Gasteiger partial charge in [0.15, 0.2) is 0 Å². The van der Waals surface area contributed by atoms with Crippen molar-refractivity contribution < 1.29 is 4.39 Å². The van der Waals surface area contributed by atoms with E-state index in [0.717, 1.165) is 12.3 Å². The number of aromatic amines is 1. The summed E-state index contributed by atoms with van der Waals surface area (Å²) in [6.45, 7) is 0. The lowest BCUT2D eigenvalue weighted by Crippen LogP contribution is -2.05. The Bertz CT molecular complexity index is 639. The maximum Gasteiger partial charge on any atom is 0.248 e. The minimum atomic E-state index is -0.607. The quantitative estimate of drug-likeness (QED) is 0.787. The molecule has 0 saturated heterocycles. The van der Waals surface area contributed by atoms with E-state index in [1.807, 2.05) is 0 Å². The Kier molecular flexibility index (Phi) is 3.43. The average Bonchev–Trinajstić information content (AvgIpc) is 2.27. The molecule has 0 aliphatic heterocycles. The molecule has 0 amide bonds. The first-order valence-corrected chi connectivity index (χ1v) is 5.65. The van der Waals surface area contributed by atoms with Gasteiger partial charge >= 0.3 is 0 Å². The molecule has 0 spiro atoms. The Balaban J connectivity index is 2.76. The number of halogens is 4. The summed E-state index contributed by atoms with van der Waals surface area (Å²) in [5.41, 5.74) is -0.0931. The summed E-state index contributed by atoms with van der Waals surface area (Å²) in [5, 5.41) is 0.670. The van der Waals surface area contributed by atoms with E-state index in [1.165, 1.54) is 12.1 Å². The second-order valence-electron chi connectivity index (χ2n) is 3.31. The van der Waals surface area contributed by atoms with Gasteiger partial charge < -0.3 is 4.98 Å². The number of hydrogen-bond donors (Lipinski definition) is 1. The van der Waals surface area contributed by atoms with E-state index in [4.69, 9.17) is 34.8 Å². The molecule has 0 radical (unpaired) electrons. The molecule has 2 aromatic rings. The Morgan fingerprint density at radius 2 is 1.76 bits per heavy atom. The lowest BCUT2D eigenvalue weighted by Gasteiger charge is -2.07. The maximum absolute atomic E-state index is 13.6. The standard InChI is InChI=1S/C11H5Cl3FNO/c12-5-1-7(11(14)8(13)2-5)6-3-10(17)16-4-9(6)15/h1-4H,(H,16,17). The van der Waals surface area contributed by atoms with E-state index in [2.05, 4.69) is 4.98 Å². The van der Waals surface area contributed by atoms with Gasteiger partial charge in [0.05, 0.1) is 10.0 Å². The zero-order chi connectivity index (χ0) is 12.6. The van der Waals surface area contributed by atoms with Gasteiger partial charge in [0.1, 0.15) is 5.82 Å². The fraction of sp³-hybridized carbons (Fsp3) is 0. The summed E-state index contributed by atoms with van der Waals surface area (Å²) >= 11 is 17.6. The van der Waals surface area contributed by atoms with Gasteiger partial charge in [0, 0.05) is 28.4 Å².